The molecule has 0 atom stereocenters. The fraction of sp³-hybridized carbons (Fsp3) is 0.211. The van der Waals surface area contributed by atoms with Gasteiger partial charge >= 0.3 is 0 Å². The maximum Gasteiger partial charge on any atom is 0.266 e. The van der Waals surface area contributed by atoms with Crippen molar-refractivity contribution in [1.29, 1.82) is 0 Å². The second-order valence-corrected chi connectivity index (χ2v) is 6.91. The van der Waals surface area contributed by atoms with Crippen molar-refractivity contribution in [2.75, 3.05) is 6.54 Å². The lowest BCUT2D eigenvalue weighted by atomic mass is 10.00. The summed E-state index contributed by atoms with van der Waals surface area (Å²) in [7, 11) is 0. The van der Waals surface area contributed by atoms with E-state index in [4.69, 9.17) is 0 Å². The van der Waals surface area contributed by atoms with E-state index in [0.29, 0.717) is 6.54 Å². The fourth-order valence-electron chi connectivity index (χ4n) is 3.03. The van der Waals surface area contributed by atoms with E-state index in [9.17, 15) is 4.79 Å². The fourth-order valence-corrected chi connectivity index (χ4v) is 4.07. The van der Waals surface area contributed by atoms with E-state index in [-0.39, 0.29) is 5.91 Å². The van der Waals surface area contributed by atoms with Gasteiger partial charge in [0.2, 0.25) is 0 Å². The molecule has 0 N–H and O–H groups in total. The average Bonchev–Trinajstić information content (AvgIpc) is 3.03. The molecule has 1 aromatic carbocycles. The van der Waals surface area contributed by atoms with Gasteiger partial charge in [-0.3, -0.25) is 9.78 Å². The molecule has 1 aliphatic heterocycles. The lowest BCUT2D eigenvalue weighted by Crippen LogP contribution is -2.35. The lowest BCUT2D eigenvalue weighted by Gasteiger charge is -2.28. The van der Waals surface area contributed by atoms with E-state index >= 15 is 0 Å². The number of hydrogen-bond acceptors (Lipinski definition) is 4. The number of fused-ring (bicyclic) bond motifs is 1. The van der Waals surface area contributed by atoms with E-state index < -0.39 is 0 Å². The van der Waals surface area contributed by atoms with E-state index in [2.05, 4.69) is 28.2 Å². The van der Waals surface area contributed by atoms with Crippen molar-refractivity contribution in [3.63, 3.8) is 0 Å². The highest BCUT2D eigenvalue weighted by molar-refractivity contribution is 7.17. The Labute approximate surface area is 144 Å². The number of nitrogens with zero attached hydrogens (tertiary/aromatic N) is 3. The summed E-state index contributed by atoms with van der Waals surface area (Å²) in [6.45, 7) is 3.35. The van der Waals surface area contributed by atoms with Crippen molar-refractivity contribution < 1.29 is 4.79 Å². The molecule has 0 saturated carbocycles. The van der Waals surface area contributed by atoms with Crippen molar-refractivity contribution in [2.45, 2.75) is 19.9 Å². The number of aryl methyl sites for hydroxylation is 1. The van der Waals surface area contributed by atoms with Gasteiger partial charge in [0.25, 0.3) is 5.91 Å². The number of amides is 1. The van der Waals surface area contributed by atoms with Gasteiger partial charge in [0.05, 0.1) is 5.69 Å². The standard InChI is InChI=1S/C19H17N3OS/c1-13-17(24-18(21-13)15-6-9-20-10-7-15)19(23)22-11-8-14-4-2-3-5-16(14)12-22/h2-7,9-10H,8,11-12H2,1H3. The van der Waals surface area contributed by atoms with E-state index in [1.165, 1.54) is 22.5 Å². The average molecular weight is 335 g/mol. The van der Waals surface area contributed by atoms with Gasteiger partial charge < -0.3 is 4.90 Å². The molecule has 0 fully saturated rings. The molecule has 2 aromatic heterocycles. The van der Waals surface area contributed by atoms with Crippen LogP contribution in [-0.4, -0.2) is 27.3 Å². The van der Waals surface area contributed by atoms with Gasteiger partial charge in [0.1, 0.15) is 9.88 Å². The number of rotatable bonds is 2. The molecule has 1 aliphatic rings. The van der Waals surface area contributed by atoms with Crippen LogP contribution in [-0.2, 0) is 13.0 Å². The summed E-state index contributed by atoms with van der Waals surface area (Å²) < 4.78 is 0. The van der Waals surface area contributed by atoms with E-state index in [0.717, 1.165) is 34.1 Å². The first-order chi connectivity index (χ1) is 11.7. The predicted octanol–water partition coefficient (Wildman–Crippen LogP) is 3.71. The van der Waals surface area contributed by atoms with E-state index in [1.54, 1.807) is 12.4 Å². The summed E-state index contributed by atoms with van der Waals surface area (Å²) in [6, 6.07) is 12.2. The van der Waals surface area contributed by atoms with Gasteiger partial charge in [-0.15, -0.1) is 11.3 Å². The molecule has 24 heavy (non-hydrogen) atoms. The molecule has 4 nitrogen and oxygen atoms in total. The molecule has 0 saturated heterocycles. The zero-order valence-corrected chi connectivity index (χ0v) is 14.2. The van der Waals surface area contributed by atoms with Crippen LogP contribution in [0.1, 0.15) is 26.5 Å². The minimum atomic E-state index is 0.0832. The van der Waals surface area contributed by atoms with Crippen LogP contribution in [0, 0.1) is 6.92 Å². The molecule has 4 rings (SSSR count). The van der Waals surface area contributed by atoms with Gasteiger partial charge in [-0.25, -0.2) is 4.98 Å². The Morgan fingerprint density at radius 3 is 2.67 bits per heavy atom. The van der Waals surface area contributed by atoms with Crippen LogP contribution in [0.25, 0.3) is 10.6 Å². The molecule has 0 radical (unpaired) electrons. The Balaban J connectivity index is 1.61. The van der Waals surface area contributed by atoms with Crippen LogP contribution in [0.2, 0.25) is 0 Å². The number of carbonyl (C=O) groups is 1. The number of pyridine rings is 1. The minimum Gasteiger partial charge on any atom is -0.333 e. The highest BCUT2D eigenvalue weighted by Gasteiger charge is 2.25. The SMILES string of the molecule is Cc1nc(-c2ccncc2)sc1C(=O)N1CCc2ccccc2C1. The first-order valence-corrected chi connectivity index (χ1v) is 8.78. The Morgan fingerprint density at radius 1 is 1.12 bits per heavy atom. The van der Waals surface area contributed by atoms with Crippen LogP contribution in [0.15, 0.2) is 48.8 Å². The quantitative estimate of drug-likeness (QED) is 0.717. The van der Waals surface area contributed by atoms with Gasteiger partial charge in [-0.05, 0) is 36.6 Å². The molecule has 3 heterocycles. The van der Waals surface area contributed by atoms with Gasteiger partial charge in [-0.2, -0.15) is 0 Å². The predicted molar refractivity (Wildman–Crippen MR) is 95.0 cm³/mol. The third-order valence-electron chi connectivity index (χ3n) is 4.34. The van der Waals surface area contributed by atoms with Crippen LogP contribution < -0.4 is 0 Å². The summed E-state index contributed by atoms with van der Waals surface area (Å²) in [5.41, 5.74) is 4.39. The highest BCUT2D eigenvalue weighted by atomic mass is 32.1. The van der Waals surface area contributed by atoms with Crippen LogP contribution in [0.4, 0.5) is 0 Å². The molecular formula is C19H17N3OS. The van der Waals surface area contributed by atoms with Crippen LogP contribution in [0.5, 0.6) is 0 Å². The maximum atomic E-state index is 13.0. The molecule has 0 bridgehead atoms. The van der Waals surface area contributed by atoms with Crippen molar-refractivity contribution >= 4 is 17.2 Å². The zero-order valence-electron chi connectivity index (χ0n) is 13.4. The molecule has 120 valence electrons. The van der Waals surface area contributed by atoms with Gasteiger partial charge in [0, 0.05) is 31.0 Å². The molecule has 0 aliphatic carbocycles. The monoisotopic (exact) mass is 335 g/mol. The molecule has 1 amide bonds. The first-order valence-electron chi connectivity index (χ1n) is 7.96. The summed E-state index contributed by atoms with van der Waals surface area (Å²) >= 11 is 1.47. The molecule has 0 unspecified atom stereocenters. The van der Waals surface area contributed by atoms with Gasteiger partial charge in [-0.1, -0.05) is 24.3 Å². The molecule has 5 heteroatoms. The van der Waals surface area contributed by atoms with Crippen molar-refractivity contribution in [1.82, 2.24) is 14.9 Å². The third-order valence-corrected chi connectivity index (χ3v) is 5.53. The zero-order chi connectivity index (χ0) is 16.5. The van der Waals surface area contributed by atoms with Gasteiger partial charge in [0.15, 0.2) is 0 Å². The third kappa shape index (κ3) is 2.71. The number of benzene rings is 1. The van der Waals surface area contributed by atoms with Crippen molar-refractivity contribution in [2.24, 2.45) is 0 Å². The second-order valence-electron chi connectivity index (χ2n) is 5.91. The number of aromatic nitrogens is 2. The number of thiazole rings is 1. The number of hydrogen-bond donors (Lipinski definition) is 0. The topological polar surface area (TPSA) is 46.1 Å². The van der Waals surface area contributed by atoms with Crippen LogP contribution in [0.3, 0.4) is 0 Å². The van der Waals surface area contributed by atoms with Crippen molar-refractivity contribution in [3.05, 3.63) is 70.5 Å². The minimum absolute atomic E-state index is 0.0832. The Morgan fingerprint density at radius 2 is 1.88 bits per heavy atom. The Kier molecular flexibility index (Phi) is 3.86. The Hall–Kier alpha value is -2.53. The Bertz CT molecular complexity index is 889. The molecule has 3 aromatic rings. The highest BCUT2D eigenvalue weighted by Crippen LogP contribution is 2.29. The first kappa shape index (κ1) is 15.0. The molecule has 0 spiro atoms. The normalized spacial score (nSPS) is 13.6. The molecular weight excluding hydrogens is 318 g/mol. The summed E-state index contributed by atoms with van der Waals surface area (Å²) in [5, 5.41) is 0.871. The van der Waals surface area contributed by atoms with Crippen LogP contribution >= 0.6 is 11.3 Å². The lowest BCUT2D eigenvalue weighted by molar-refractivity contribution is 0.0738. The van der Waals surface area contributed by atoms with Crippen molar-refractivity contribution in [3.8, 4) is 10.6 Å². The summed E-state index contributed by atoms with van der Waals surface area (Å²) in [4.78, 5) is 24.2. The summed E-state index contributed by atoms with van der Waals surface area (Å²) in [6.07, 6.45) is 4.40. The maximum absolute atomic E-state index is 13.0. The number of carbonyl (C=O) groups excluding carboxylic acids is 1. The smallest absolute Gasteiger partial charge is 0.266 e. The summed E-state index contributed by atoms with van der Waals surface area (Å²) in [5.74, 6) is 0.0832. The van der Waals surface area contributed by atoms with E-state index in [1.807, 2.05) is 30.0 Å². The largest absolute Gasteiger partial charge is 0.333 e. The second kappa shape index (κ2) is 6.17.